The number of hydrogen-bond acceptors (Lipinski definition) is 1. The summed E-state index contributed by atoms with van der Waals surface area (Å²) in [5.41, 5.74) is -0.896. The molecule has 1 nitrogen and oxygen atoms in total. The number of piperidine rings is 1. The first kappa shape index (κ1) is 12.9. The number of hydrogen-bond donors (Lipinski definition) is 0. The minimum Gasteiger partial charge on any atom is -0.303 e. The van der Waals surface area contributed by atoms with Crippen molar-refractivity contribution >= 4 is 0 Å². The van der Waals surface area contributed by atoms with Crippen LogP contribution in [0.25, 0.3) is 0 Å². The van der Waals surface area contributed by atoms with Crippen LogP contribution >= 0.6 is 0 Å². The Kier molecular flexibility index (Phi) is 3.50. The molecule has 2 aliphatic rings. The van der Waals surface area contributed by atoms with Gasteiger partial charge in [0.2, 0.25) is 0 Å². The van der Waals surface area contributed by atoms with Crippen molar-refractivity contribution in [3.05, 3.63) is 0 Å². The van der Waals surface area contributed by atoms with Gasteiger partial charge in [-0.05, 0) is 18.3 Å². The summed E-state index contributed by atoms with van der Waals surface area (Å²) >= 11 is 0. The molecule has 1 saturated carbocycles. The van der Waals surface area contributed by atoms with E-state index >= 15 is 0 Å². The summed E-state index contributed by atoms with van der Waals surface area (Å²) < 4.78 is 14.4. The summed E-state index contributed by atoms with van der Waals surface area (Å²) in [6, 6.07) is 0. The van der Waals surface area contributed by atoms with E-state index in [2.05, 4.69) is 37.5 Å². The highest BCUT2D eigenvalue weighted by atomic mass is 19.1. The van der Waals surface area contributed by atoms with Crippen molar-refractivity contribution in [2.45, 2.75) is 52.1 Å². The molecule has 0 aromatic rings. The van der Waals surface area contributed by atoms with Gasteiger partial charge in [-0.25, -0.2) is 4.39 Å². The van der Waals surface area contributed by atoms with Crippen LogP contribution < -0.4 is 0 Å². The number of halogens is 1. The molecule has 2 rings (SSSR count). The smallest absolute Gasteiger partial charge is 0.173 e. The van der Waals surface area contributed by atoms with E-state index < -0.39 is 5.67 Å². The molecule has 0 aromatic heterocycles. The van der Waals surface area contributed by atoms with E-state index in [0.29, 0.717) is 24.2 Å². The van der Waals surface area contributed by atoms with Gasteiger partial charge >= 0.3 is 0 Å². The van der Waals surface area contributed by atoms with Gasteiger partial charge in [0, 0.05) is 38.4 Å². The topological polar surface area (TPSA) is 3.24 Å². The zero-order valence-corrected chi connectivity index (χ0v) is 11.4. The van der Waals surface area contributed by atoms with Crippen molar-refractivity contribution in [3.8, 4) is 11.8 Å². The molecular weight excluding hydrogens is 213 g/mol. The summed E-state index contributed by atoms with van der Waals surface area (Å²) in [6.07, 6.45) is 3.53. The molecule has 0 atom stereocenters. The Balaban J connectivity index is 1.82. The molecule has 2 fully saturated rings. The third-order valence-corrected chi connectivity index (χ3v) is 3.42. The number of likely N-dealkylation sites (tertiary alicyclic amines) is 1. The Morgan fingerprint density at radius 2 is 1.82 bits per heavy atom. The predicted molar refractivity (Wildman–Crippen MR) is 69.5 cm³/mol. The first-order valence-electron chi connectivity index (χ1n) is 6.80. The Morgan fingerprint density at radius 3 is 2.29 bits per heavy atom. The average molecular weight is 237 g/mol. The van der Waals surface area contributed by atoms with E-state index in [-0.39, 0.29) is 0 Å². The molecule has 1 aliphatic heterocycles. The Labute approximate surface area is 105 Å². The number of rotatable bonds is 1. The standard InChI is InChI=1S/C15H24FN/c1-14(2,3)12-17-10-8-15(16,9-11-17)7-6-13-4-5-13/h13H,4-5,8-12H2,1-3H3. The maximum Gasteiger partial charge on any atom is 0.173 e. The van der Waals surface area contributed by atoms with Gasteiger partial charge in [0.25, 0.3) is 0 Å². The fourth-order valence-electron chi connectivity index (χ4n) is 2.32. The van der Waals surface area contributed by atoms with Gasteiger partial charge in [0.15, 0.2) is 5.67 Å². The quantitative estimate of drug-likeness (QED) is 0.633. The summed E-state index contributed by atoms with van der Waals surface area (Å²) in [5, 5.41) is 0. The molecular formula is C15H24FN. The normalized spacial score (nSPS) is 25.2. The summed E-state index contributed by atoms with van der Waals surface area (Å²) in [5.74, 6) is 6.50. The molecule has 0 unspecified atom stereocenters. The monoisotopic (exact) mass is 237 g/mol. The molecule has 0 spiro atoms. The van der Waals surface area contributed by atoms with Crippen LogP contribution in [0.2, 0.25) is 0 Å². The lowest BCUT2D eigenvalue weighted by Crippen LogP contribution is -2.44. The van der Waals surface area contributed by atoms with Gasteiger partial charge in [-0.1, -0.05) is 32.6 Å². The highest BCUT2D eigenvalue weighted by molar-refractivity contribution is 5.19. The predicted octanol–water partition coefficient (Wildman–Crippen LogP) is 3.25. The zero-order valence-electron chi connectivity index (χ0n) is 11.4. The van der Waals surface area contributed by atoms with E-state index in [1.54, 1.807) is 0 Å². The fourth-order valence-corrected chi connectivity index (χ4v) is 2.32. The first-order chi connectivity index (χ1) is 7.86. The van der Waals surface area contributed by atoms with Crippen molar-refractivity contribution in [1.82, 2.24) is 4.90 Å². The van der Waals surface area contributed by atoms with Gasteiger partial charge in [0.05, 0.1) is 0 Å². The van der Waals surface area contributed by atoms with Crippen LogP contribution in [0, 0.1) is 23.2 Å². The van der Waals surface area contributed by atoms with Crippen LogP contribution in [0.1, 0.15) is 46.5 Å². The lowest BCUT2D eigenvalue weighted by atomic mass is 9.90. The molecule has 0 amide bonds. The highest BCUT2D eigenvalue weighted by Crippen LogP contribution is 2.31. The zero-order chi connectivity index (χ0) is 12.5. The lowest BCUT2D eigenvalue weighted by molar-refractivity contribution is 0.0818. The third kappa shape index (κ3) is 4.32. The molecule has 0 radical (unpaired) electrons. The second kappa shape index (κ2) is 4.61. The van der Waals surface area contributed by atoms with E-state index in [1.165, 1.54) is 12.8 Å². The van der Waals surface area contributed by atoms with Crippen LogP contribution in [-0.4, -0.2) is 30.2 Å². The lowest BCUT2D eigenvalue weighted by Gasteiger charge is -2.37. The maximum atomic E-state index is 14.4. The largest absolute Gasteiger partial charge is 0.303 e. The van der Waals surface area contributed by atoms with Crippen molar-refractivity contribution in [3.63, 3.8) is 0 Å². The molecule has 1 saturated heterocycles. The molecule has 96 valence electrons. The molecule has 1 heterocycles. The minimum absolute atomic E-state index is 0.302. The molecule has 0 bridgehead atoms. The number of alkyl halides is 1. The Morgan fingerprint density at radius 1 is 1.24 bits per heavy atom. The molecule has 0 aromatic carbocycles. The molecule has 1 aliphatic carbocycles. The van der Waals surface area contributed by atoms with E-state index in [4.69, 9.17) is 0 Å². The van der Waals surface area contributed by atoms with Gasteiger partial charge in [-0.3, -0.25) is 0 Å². The summed E-state index contributed by atoms with van der Waals surface area (Å²) in [6.45, 7) is 9.46. The highest BCUT2D eigenvalue weighted by Gasteiger charge is 2.34. The van der Waals surface area contributed by atoms with Crippen molar-refractivity contribution in [2.75, 3.05) is 19.6 Å². The molecule has 2 heteroatoms. The van der Waals surface area contributed by atoms with Crippen molar-refractivity contribution in [2.24, 2.45) is 11.3 Å². The first-order valence-corrected chi connectivity index (χ1v) is 6.80. The van der Waals surface area contributed by atoms with Gasteiger partial charge in [0.1, 0.15) is 0 Å². The third-order valence-electron chi connectivity index (χ3n) is 3.42. The van der Waals surface area contributed by atoms with Crippen LogP contribution in [0.5, 0.6) is 0 Å². The Hall–Kier alpha value is -0.550. The second-order valence-corrected chi connectivity index (χ2v) is 6.85. The van der Waals surface area contributed by atoms with Crippen molar-refractivity contribution in [1.29, 1.82) is 0 Å². The second-order valence-electron chi connectivity index (χ2n) is 6.85. The average Bonchev–Trinajstić information content (AvgIpc) is 3.01. The van der Waals surface area contributed by atoms with Crippen LogP contribution in [0.3, 0.4) is 0 Å². The number of nitrogens with zero attached hydrogens (tertiary/aromatic N) is 1. The van der Waals surface area contributed by atoms with Gasteiger partial charge in [-0.2, -0.15) is 0 Å². The summed E-state index contributed by atoms with van der Waals surface area (Å²) in [7, 11) is 0. The van der Waals surface area contributed by atoms with Crippen LogP contribution in [0.4, 0.5) is 4.39 Å². The molecule has 0 N–H and O–H groups in total. The van der Waals surface area contributed by atoms with Crippen molar-refractivity contribution < 1.29 is 4.39 Å². The Bertz CT molecular complexity index is 319. The fraction of sp³-hybridized carbons (Fsp3) is 0.867. The van der Waals surface area contributed by atoms with Gasteiger partial charge < -0.3 is 4.90 Å². The van der Waals surface area contributed by atoms with Crippen LogP contribution in [-0.2, 0) is 0 Å². The maximum absolute atomic E-state index is 14.4. The van der Waals surface area contributed by atoms with Gasteiger partial charge in [-0.15, -0.1) is 0 Å². The minimum atomic E-state index is -1.20. The molecule has 17 heavy (non-hydrogen) atoms. The van der Waals surface area contributed by atoms with E-state index in [0.717, 1.165) is 19.6 Å². The SMILES string of the molecule is CC(C)(C)CN1CCC(F)(C#CC2CC2)CC1. The van der Waals surface area contributed by atoms with Crippen LogP contribution in [0.15, 0.2) is 0 Å². The van der Waals surface area contributed by atoms with E-state index in [9.17, 15) is 4.39 Å². The van der Waals surface area contributed by atoms with E-state index in [1.807, 2.05) is 0 Å². The summed E-state index contributed by atoms with van der Waals surface area (Å²) in [4.78, 5) is 2.37.